The van der Waals surface area contributed by atoms with Crippen molar-refractivity contribution in [1.82, 2.24) is 40.1 Å². The first-order valence-electron chi connectivity index (χ1n) is 17.1. The molecule has 0 aliphatic carbocycles. The number of benzene rings is 2. The fourth-order valence-corrected chi connectivity index (χ4v) is 5.63. The highest BCUT2D eigenvalue weighted by Crippen LogP contribution is 2.28. The Morgan fingerprint density at radius 2 is 1.20 bits per heavy atom. The fraction of sp³-hybridized carbons (Fsp3) is 0.105. The van der Waals surface area contributed by atoms with Crippen molar-refractivity contribution in [1.29, 1.82) is 0 Å². The molecule has 0 atom stereocenters. The van der Waals surface area contributed by atoms with Crippen LogP contribution in [0, 0.1) is 0 Å². The molecule has 2 aromatic carbocycles. The number of carbonyl (C=O) groups excluding carboxylic acids is 3. The summed E-state index contributed by atoms with van der Waals surface area (Å²) < 4.78 is 74.0. The number of alkyl halides is 6. The van der Waals surface area contributed by atoms with Gasteiger partial charge in [-0.1, -0.05) is 24.3 Å². The van der Waals surface area contributed by atoms with Gasteiger partial charge in [-0.2, -0.15) is 26.3 Å². The number of nitrogens with zero attached hydrogens (tertiary/aromatic N) is 7. The van der Waals surface area contributed by atoms with E-state index in [9.17, 15) is 45.5 Å². The maximum Gasteiger partial charge on any atom is 0.491 e. The lowest BCUT2D eigenvalue weighted by Gasteiger charge is -2.13. The summed E-state index contributed by atoms with van der Waals surface area (Å²) >= 11 is 3.27. The summed E-state index contributed by atoms with van der Waals surface area (Å²) in [6, 6.07) is 19.4. The van der Waals surface area contributed by atoms with E-state index in [0.29, 0.717) is 39.4 Å². The number of pyridine rings is 2. The van der Waals surface area contributed by atoms with Crippen LogP contribution in [0.2, 0.25) is 0 Å². The number of halogens is 7. The summed E-state index contributed by atoms with van der Waals surface area (Å²) in [6.07, 6.45) is -2.73. The molecule has 0 fully saturated rings. The quantitative estimate of drug-likeness (QED) is 0.0685. The molecule has 15 nitrogen and oxygen atoms in total. The molecule has 0 saturated heterocycles. The van der Waals surface area contributed by atoms with Gasteiger partial charge >= 0.3 is 25.4 Å². The standard InChI is InChI=1S/C19H13F3N4O3.C14H9BrN2O2.C5H4BF3N2O2/c20-19(21,22)18-25-9-12(10-26-18)15-7-11(5-6-23-15)8-24-16(27)13-3-1-2-4-14(13)17(28)29;15-12-7-9(5-6-16-12)8-17-13(18)10-3-1-2-4-11(10)14(17)19;7-5(8,9)4-10-1-3(2-11-4)6(12)13/h1-7,9-10H,8H2,(H,24,27)(H,28,29);1-7H,8H2;1-2,12-13H. The molecule has 23 heteroatoms. The number of carboxylic acid groups (broad SMARTS) is 1. The van der Waals surface area contributed by atoms with Gasteiger partial charge in [0.15, 0.2) is 0 Å². The molecule has 0 radical (unpaired) electrons. The monoisotopic (exact) mass is 910 g/mol. The van der Waals surface area contributed by atoms with E-state index in [1.807, 2.05) is 0 Å². The van der Waals surface area contributed by atoms with E-state index in [4.69, 9.17) is 15.2 Å². The highest BCUT2D eigenvalue weighted by atomic mass is 79.9. The van der Waals surface area contributed by atoms with E-state index >= 15 is 0 Å². The predicted molar refractivity (Wildman–Crippen MR) is 204 cm³/mol. The molecule has 0 unspecified atom stereocenters. The number of aromatic nitrogens is 6. The highest BCUT2D eigenvalue weighted by molar-refractivity contribution is 9.10. The predicted octanol–water partition coefficient (Wildman–Crippen LogP) is 5.00. The first-order chi connectivity index (χ1) is 28.8. The number of hydrogen-bond acceptors (Lipinski definition) is 12. The third-order valence-corrected chi connectivity index (χ3v) is 8.55. The second-order valence-electron chi connectivity index (χ2n) is 12.3. The maximum absolute atomic E-state index is 12.6. The van der Waals surface area contributed by atoms with E-state index in [0.717, 1.165) is 18.0 Å². The number of rotatable bonds is 8. The van der Waals surface area contributed by atoms with Gasteiger partial charge in [-0.05, 0) is 75.6 Å². The number of carbonyl (C=O) groups is 4. The first-order valence-corrected chi connectivity index (χ1v) is 17.9. The van der Waals surface area contributed by atoms with Gasteiger partial charge in [0, 0.05) is 54.8 Å². The largest absolute Gasteiger partial charge is 0.491 e. The van der Waals surface area contributed by atoms with Crippen molar-refractivity contribution in [2.45, 2.75) is 25.4 Å². The van der Waals surface area contributed by atoms with Crippen molar-refractivity contribution in [3.05, 3.63) is 160 Å². The van der Waals surface area contributed by atoms with Gasteiger partial charge in [0.05, 0.1) is 34.5 Å². The van der Waals surface area contributed by atoms with Crippen molar-refractivity contribution in [2.75, 3.05) is 0 Å². The third-order valence-electron chi connectivity index (χ3n) is 8.11. The molecule has 3 amide bonds. The van der Waals surface area contributed by atoms with Gasteiger partial charge < -0.3 is 20.5 Å². The molecule has 4 N–H and O–H groups in total. The van der Waals surface area contributed by atoms with Crippen LogP contribution in [0.3, 0.4) is 0 Å². The van der Waals surface area contributed by atoms with Crippen LogP contribution in [-0.4, -0.2) is 80.8 Å². The summed E-state index contributed by atoms with van der Waals surface area (Å²) in [4.78, 5) is 69.6. The van der Waals surface area contributed by atoms with Crippen molar-refractivity contribution in [2.24, 2.45) is 0 Å². The van der Waals surface area contributed by atoms with Crippen LogP contribution in [-0.2, 0) is 25.4 Å². The molecule has 5 heterocycles. The van der Waals surface area contributed by atoms with Crippen LogP contribution in [0.15, 0.2) is 115 Å². The Morgan fingerprint density at radius 1 is 0.689 bits per heavy atom. The molecule has 0 bridgehead atoms. The number of amides is 3. The maximum atomic E-state index is 12.6. The van der Waals surface area contributed by atoms with Crippen LogP contribution in [0.1, 0.15) is 64.2 Å². The van der Waals surface area contributed by atoms with E-state index in [-0.39, 0.29) is 47.1 Å². The minimum Gasteiger partial charge on any atom is -0.478 e. The molecule has 0 saturated carbocycles. The molecule has 61 heavy (non-hydrogen) atoms. The van der Waals surface area contributed by atoms with E-state index in [2.05, 4.69) is 51.2 Å². The lowest BCUT2D eigenvalue weighted by molar-refractivity contribution is -0.145. The van der Waals surface area contributed by atoms with Gasteiger partial charge in [-0.15, -0.1) is 0 Å². The van der Waals surface area contributed by atoms with E-state index in [1.165, 1.54) is 29.3 Å². The average Bonchev–Trinajstić information content (AvgIpc) is 3.47. The summed E-state index contributed by atoms with van der Waals surface area (Å²) in [5.74, 6) is -4.83. The van der Waals surface area contributed by atoms with Gasteiger partial charge in [-0.25, -0.2) is 29.7 Å². The minimum absolute atomic E-state index is 0.0189. The van der Waals surface area contributed by atoms with Gasteiger partial charge in [0.25, 0.3) is 17.7 Å². The van der Waals surface area contributed by atoms with Crippen LogP contribution < -0.4 is 10.8 Å². The summed E-state index contributed by atoms with van der Waals surface area (Å²) in [6.45, 7) is 0.317. The zero-order chi connectivity index (χ0) is 44.5. The minimum atomic E-state index is -4.63. The third kappa shape index (κ3) is 11.8. The highest BCUT2D eigenvalue weighted by Gasteiger charge is 2.36. The van der Waals surface area contributed by atoms with Gasteiger partial charge in [0.1, 0.15) is 4.60 Å². The molecular weight excluding hydrogens is 885 g/mol. The SMILES string of the molecule is O=C(O)c1ccccc1C(=O)NCc1ccnc(-c2cnc(C(F)(F)F)nc2)c1.O=C1c2ccccc2C(=O)N1Cc1ccnc(Br)c1.OB(O)c1cnc(C(F)(F)F)nc1. The number of fused-ring (bicyclic) bond motifs is 1. The fourth-order valence-electron chi connectivity index (χ4n) is 5.22. The van der Waals surface area contributed by atoms with Gasteiger partial charge in [-0.3, -0.25) is 24.3 Å². The summed E-state index contributed by atoms with van der Waals surface area (Å²) in [5.41, 5.74) is 2.73. The van der Waals surface area contributed by atoms with Gasteiger partial charge in [0.2, 0.25) is 11.6 Å². The molecule has 0 spiro atoms. The zero-order valence-electron chi connectivity index (χ0n) is 30.6. The Bertz CT molecular complexity index is 2520. The number of imide groups is 1. The Kier molecular flexibility index (Phi) is 14.3. The van der Waals surface area contributed by atoms with Crippen LogP contribution in [0.4, 0.5) is 26.3 Å². The van der Waals surface area contributed by atoms with Crippen LogP contribution >= 0.6 is 15.9 Å². The number of nitrogens with one attached hydrogen (secondary N) is 1. The molecular formula is C38H26BBrF6N8O7. The van der Waals surface area contributed by atoms with Crippen molar-refractivity contribution < 1.29 is 60.7 Å². The topological polar surface area (TPSA) is 222 Å². The number of aromatic carboxylic acids is 1. The first kappa shape index (κ1) is 45.1. The van der Waals surface area contributed by atoms with Crippen molar-refractivity contribution in [3.63, 3.8) is 0 Å². The van der Waals surface area contributed by atoms with Crippen LogP contribution in [0.5, 0.6) is 0 Å². The normalized spacial score (nSPS) is 12.0. The molecule has 1 aliphatic heterocycles. The Morgan fingerprint density at radius 3 is 1.72 bits per heavy atom. The lowest BCUT2D eigenvalue weighted by atomic mass is 9.83. The number of carboxylic acids is 1. The van der Waals surface area contributed by atoms with E-state index in [1.54, 1.807) is 60.8 Å². The van der Waals surface area contributed by atoms with Crippen LogP contribution in [0.25, 0.3) is 11.3 Å². The molecule has 7 rings (SSSR count). The molecule has 312 valence electrons. The molecule has 4 aromatic heterocycles. The van der Waals surface area contributed by atoms with Crippen molar-refractivity contribution in [3.8, 4) is 11.3 Å². The zero-order valence-corrected chi connectivity index (χ0v) is 32.2. The molecule has 1 aliphatic rings. The second kappa shape index (κ2) is 19.4. The Balaban J connectivity index is 0.000000188. The second-order valence-corrected chi connectivity index (χ2v) is 13.1. The summed E-state index contributed by atoms with van der Waals surface area (Å²) in [7, 11) is -1.86. The molecule has 6 aromatic rings. The smallest absolute Gasteiger partial charge is 0.478 e. The summed E-state index contributed by atoms with van der Waals surface area (Å²) in [5, 5.41) is 28.8. The van der Waals surface area contributed by atoms with E-state index < -0.39 is 43.0 Å². The Hall–Kier alpha value is -6.98. The Labute approximate surface area is 348 Å². The van der Waals surface area contributed by atoms with Crippen molar-refractivity contribution >= 4 is 52.2 Å². The lowest BCUT2D eigenvalue weighted by Crippen LogP contribution is -2.31. The number of hydrogen-bond donors (Lipinski definition) is 4. The average molecular weight is 911 g/mol.